The lowest BCUT2D eigenvalue weighted by Crippen LogP contribution is -2.32. The fraction of sp³-hybridized carbons (Fsp3) is 0.348. The van der Waals surface area contributed by atoms with Gasteiger partial charge in [0.15, 0.2) is 0 Å². The molecular weight excluding hydrogens is 438 g/mol. The van der Waals surface area contributed by atoms with E-state index in [9.17, 15) is 23.2 Å². The van der Waals surface area contributed by atoms with Gasteiger partial charge in [0.25, 0.3) is 0 Å². The maximum absolute atomic E-state index is 13.7. The van der Waals surface area contributed by atoms with Gasteiger partial charge in [0, 0.05) is 24.2 Å². The van der Waals surface area contributed by atoms with Crippen molar-refractivity contribution in [2.75, 3.05) is 14.2 Å². The molecule has 3 N–H and O–H groups in total. The summed E-state index contributed by atoms with van der Waals surface area (Å²) in [4.78, 5) is 33.6. The number of nitrogens with one attached hydrogen (secondary N) is 1. The van der Waals surface area contributed by atoms with Crippen molar-refractivity contribution in [2.24, 2.45) is 5.73 Å². The van der Waals surface area contributed by atoms with E-state index in [1.807, 2.05) is 0 Å². The molecule has 0 aliphatic rings. The van der Waals surface area contributed by atoms with Gasteiger partial charge in [-0.15, -0.1) is 0 Å². The van der Waals surface area contributed by atoms with Crippen LogP contribution in [-0.2, 0) is 27.3 Å². The summed E-state index contributed by atoms with van der Waals surface area (Å²) in [5.74, 6) is -2.24. The number of hydrogen-bond acceptors (Lipinski definition) is 7. The second-order valence-corrected chi connectivity index (χ2v) is 7.66. The fourth-order valence-electron chi connectivity index (χ4n) is 2.37. The Kier molecular flexibility index (Phi) is 10.4. The van der Waals surface area contributed by atoms with Crippen molar-refractivity contribution in [1.82, 2.24) is 5.32 Å². The molecule has 2 rings (SSSR count). The first-order valence-electron chi connectivity index (χ1n) is 9.82. The number of hydrogen-bond donors (Lipinski definition) is 2. The third kappa shape index (κ3) is 9.24. The maximum atomic E-state index is 13.7. The average molecular weight is 466 g/mol. The molecule has 8 nitrogen and oxygen atoms in total. The van der Waals surface area contributed by atoms with Crippen LogP contribution in [0.15, 0.2) is 36.4 Å². The number of halogens is 2. The van der Waals surface area contributed by atoms with Crippen LogP contribution in [0.4, 0.5) is 13.6 Å². The van der Waals surface area contributed by atoms with Crippen LogP contribution < -0.4 is 11.1 Å². The van der Waals surface area contributed by atoms with Crippen LogP contribution in [0.5, 0.6) is 0 Å². The molecule has 0 bridgehead atoms. The number of methoxy groups -OCH3 is 2. The van der Waals surface area contributed by atoms with Crippen molar-refractivity contribution < 1.29 is 37.4 Å². The summed E-state index contributed by atoms with van der Waals surface area (Å²) in [6.07, 6.45) is -0.631. The predicted molar refractivity (Wildman–Crippen MR) is 116 cm³/mol. The number of carbonyl (C=O) groups excluding carboxylic acids is 3. The molecule has 1 amide bonds. The monoisotopic (exact) mass is 466 g/mol. The second-order valence-electron chi connectivity index (χ2n) is 7.66. The number of ether oxygens (including phenoxy) is 3. The van der Waals surface area contributed by atoms with Crippen LogP contribution in [0.2, 0.25) is 0 Å². The van der Waals surface area contributed by atoms with E-state index in [1.165, 1.54) is 38.5 Å². The Balaban J connectivity index is 0.000000361. The summed E-state index contributed by atoms with van der Waals surface area (Å²) in [6, 6.07) is 7.99. The van der Waals surface area contributed by atoms with Gasteiger partial charge in [-0.3, -0.25) is 0 Å². The topological polar surface area (TPSA) is 117 Å². The van der Waals surface area contributed by atoms with Gasteiger partial charge in [0.05, 0.1) is 25.3 Å². The van der Waals surface area contributed by atoms with Crippen molar-refractivity contribution in [3.63, 3.8) is 0 Å². The molecule has 180 valence electrons. The minimum atomic E-state index is -0.631. The van der Waals surface area contributed by atoms with Crippen molar-refractivity contribution in [1.29, 1.82) is 0 Å². The Morgan fingerprint density at radius 3 is 1.70 bits per heavy atom. The maximum Gasteiger partial charge on any atom is 0.407 e. The lowest BCUT2D eigenvalue weighted by atomic mass is 10.1. The van der Waals surface area contributed by atoms with E-state index in [4.69, 9.17) is 10.5 Å². The molecular formula is C23H28F2N2O6. The molecule has 0 radical (unpaired) electrons. The Labute approximate surface area is 191 Å². The molecule has 2 aromatic rings. The largest absolute Gasteiger partial charge is 0.465 e. The number of rotatable bonds is 5. The SMILES string of the molecule is COC(=O)c1ccc(CN)c(F)c1.COC(=O)c1ccc(CNC(=O)OC(C)(C)C)c(F)c1. The summed E-state index contributed by atoms with van der Waals surface area (Å²) in [7, 11) is 2.47. The summed E-state index contributed by atoms with van der Waals surface area (Å²) >= 11 is 0. The molecule has 0 aliphatic heterocycles. The molecule has 0 saturated heterocycles. The summed E-state index contributed by atoms with van der Waals surface area (Å²) in [5, 5.41) is 2.44. The van der Waals surface area contributed by atoms with Crippen LogP contribution >= 0.6 is 0 Å². The van der Waals surface area contributed by atoms with Gasteiger partial charge < -0.3 is 25.3 Å². The zero-order valence-electron chi connectivity index (χ0n) is 19.2. The van der Waals surface area contributed by atoms with Crippen molar-refractivity contribution in [2.45, 2.75) is 39.5 Å². The van der Waals surface area contributed by atoms with E-state index < -0.39 is 35.3 Å². The molecule has 10 heteroatoms. The second kappa shape index (κ2) is 12.5. The predicted octanol–water partition coefficient (Wildman–Crippen LogP) is 3.71. The molecule has 0 spiro atoms. The van der Waals surface area contributed by atoms with E-state index in [1.54, 1.807) is 20.8 Å². The van der Waals surface area contributed by atoms with Gasteiger partial charge in [-0.2, -0.15) is 0 Å². The van der Waals surface area contributed by atoms with E-state index in [2.05, 4.69) is 14.8 Å². The highest BCUT2D eigenvalue weighted by Gasteiger charge is 2.16. The third-order valence-corrected chi connectivity index (χ3v) is 3.99. The Morgan fingerprint density at radius 2 is 1.33 bits per heavy atom. The van der Waals surface area contributed by atoms with Crippen LogP contribution in [0.25, 0.3) is 0 Å². The Morgan fingerprint density at radius 1 is 0.879 bits per heavy atom. The fourth-order valence-corrected chi connectivity index (χ4v) is 2.37. The lowest BCUT2D eigenvalue weighted by Gasteiger charge is -2.19. The van der Waals surface area contributed by atoms with Crippen molar-refractivity contribution in [3.05, 3.63) is 70.3 Å². The quantitative estimate of drug-likeness (QED) is 0.510. The lowest BCUT2D eigenvalue weighted by molar-refractivity contribution is 0.0520. The molecule has 0 heterocycles. The van der Waals surface area contributed by atoms with Gasteiger partial charge in [-0.25, -0.2) is 23.2 Å². The smallest absolute Gasteiger partial charge is 0.407 e. The minimum Gasteiger partial charge on any atom is -0.465 e. The number of nitrogens with two attached hydrogens (primary N) is 1. The van der Waals surface area contributed by atoms with Gasteiger partial charge >= 0.3 is 18.0 Å². The molecule has 0 saturated carbocycles. The van der Waals surface area contributed by atoms with Crippen molar-refractivity contribution in [3.8, 4) is 0 Å². The molecule has 0 aromatic heterocycles. The van der Waals surface area contributed by atoms with Gasteiger partial charge in [0.1, 0.15) is 17.2 Å². The molecule has 33 heavy (non-hydrogen) atoms. The first-order valence-corrected chi connectivity index (χ1v) is 9.82. The van der Waals surface area contributed by atoms with E-state index >= 15 is 0 Å². The van der Waals surface area contributed by atoms with E-state index in [0.29, 0.717) is 5.56 Å². The van der Waals surface area contributed by atoms with Gasteiger partial charge in [-0.1, -0.05) is 12.1 Å². The molecule has 2 aromatic carbocycles. The highest BCUT2D eigenvalue weighted by molar-refractivity contribution is 5.89. The zero-order chi connectivity index (χ0) is 25.2. The van der Waals surface area contributed by atoms with Gasteiger partial charge in [-0.05, 0) is 45.0 Å². The highest BCUT2D eigenvalue weighted by Crippen LogP contribution is 2.13. The van der Waals surface area contributed by atoms with Crippen LogP contribution in [0, 0.1) is 11.6 Å². The highest BCUT2D eigenvalue weighted by atomic mass is 19.1. The third-order valence-electron chi connectivity index (χ3n) is 3.99. The number of esters is 2. The van der Waals surface area contributed by atoms with Crippen LogP contribution in [0.3, 0.4) is 0 Å². The van der Waals surface area contributed by atoms with Gasteiger partial charge in [0.2, 0.25) is 0 Å². The summed E-state index contributed by atoms with van der Waals surface area (Å²) < 4.78 is 40.7. The number of carbonyl (C=O) groups is 3. The Bertz CT molecular complexity index is 989. The first kappa shape index (κ1) is 27.5. The molecule has 0 atom stereocenters. The number of alkyl carbamates (subject to hydrolysis) is 1. The Hall–Kier alpha value is -3.53. The minimum absolute atomic E-state index is 0.0256. The first-order chi connectivity index (χ1) is 15.4. The standard InChI is InChI=1S/C14H18FNO4.C9H10FNO2/c1-14(2,3)20-13(18)16-8-10-6-5-9(7-11(10)15)12(17)19-4;1-13-9(12)6-2-3-7(5-11)8(10)4-6/h5-7H,8H2,1-4H3,(H,16,18);2-4H,5,11H2,1H3. The van der Waals surface area contributed by atoms with Crippen LogP contribution in [0.1, 0.15) is 52.6 Å². The summed E-state index contributed by atoms with van der Waals surface area (Å²) in [5.41, 5.74) is 5.58. The molecule has 0 fully saturated rings. The van der Waals surface area contributed by atoms with E-state index in [0.717, 1.165) is 12.1 Å². The zero-order valence-corrected chi connectivity index (χ0v) is 19.2. The normalized spacial score (nSPS) is 10.4. The van der Waals surface area contributed by atoms with Crippen molar-refractivity contribution >= 4 is 18.0 Å². The molecule has 0 unspecified atom stereocenters. The van der Waals surface area contributed by atoms with E-state index in [-0.39, 0.29) is 29.8 Å². The molecule has 0 aliphatic carbocycles. The summed E-state index contributed by atoms with van der Waals surface area (Å²) in [6.45, 7) is 5.30. The number of benzene rings is 2. The average Bonchev–Trinajstić information content (AvgIpc) is 2.76. The number of amides is 1. The van der Waals surface area contributed by atoms with Crippen LogP contribution in [-0.4, -0.2) is 37.9 Å².